The molecule has 2 heterocycles. The maximum Gasteiger partial charge on any atom is 0.337 e. The van der Waals surface area contributed by atoms with Crippen LogP contribution in [-0.2, 0) is 0 Å². The number of carboxylic acid groups (broad SMARTS) is 1. The van der Waals surface area contributed by atoms with E-state index in [9.17, 15) is 4.79 Å². The van der Waals surface area contributed by atoms with Crippen molar-refractivity contribution in [3.63, 3.8) is 0 Å². The smallest absolute Gasteiger partial charge is 0.337 e. The topological polar surface area (TPSA) is 66.0 Å². The number of aromatic carboxylic acids is 1. The Morgan fingerprint density at radius 3 is 3.08 bits per heavy atom. The summed E-state index contributed by atoms with van der Waals surface area (Å²) in [7, 11) is 0. The third-order valence-electron chi connectivity index (χ3n) is 1.66. The monoisotopic (exact) mass is 194 g/mol. The van der Waals surface area contributed by atoms with Gasteiger partial charge in [-0.3, -0.25) is 4.98 Å². The van der Waals surface area contributed by atoms with E-state index >= 15 is 0 Å². The molecule has 0 aliphatic heterocycles. The Balaban J connectivity index is 2.52. The van der Waals surface area contributed by atoms with Gasteiger partial charge in [0.2, 0.25) is 0 Å². The van der Waals surface area contributed by atoms with Crippen LogP contribution in [0.4, 0.5) is 0 Å². The second kappa shape index (κ2) is 3.02. The lowest BCUT2D eigenvalue weighted by Crippen LogP contribution is -1.95. The van der Waals surface area contributed by atoms with Gasteiger partial charge in [0.05, 0.1) is 21.6 Å². The third kappa shape index (κ3) is 1.33. The van der Waals surface area contributed by atoms with Crippen LogP contribution >= 0.6 is 11.3 Å². The highest BCUT2D eigenvalue weighted by atomic mass is 32.1. The largest absolute Gasteiger partial charge is 0.478 e. The number of carbonyl (C=O) groups is 1. The lowest BCUT2D eigenvalue weighted by atomic mass is 10.2. The van der Waals surface area contributed by atoms with E-state index in [1.807, 2.05) is 0 Å². The minimum atomic E-state index is -0.926. The molecule has 0 spiro atoms. The van der Waals surface area contributed by atoms with E-state index in [-0.39, 0.29) is 5.56 Å². The van der Waals surface area contributed by atoms with E-state index in [0.29, 0.717) is 5.69 Å². The van der Waals surface area contributed by atoms with Crippen LogP contribution in [-0.4, -0.2) is 21.0 Å². The fraction of sp³-hybridized carbons (Fsp3) is 0. The van der Waals surface area contributed by atoms with Crippen molar-refractivity contribution in [1.82, 2.24) is 9.97 Å². The molecule has 0 aliphatic rings. The normalized spacial score (nSPS) is 10.2. The van der Waals surface area contributed by atoms with Gasteiger partial charge in [0.15, 0.2) is 0 Å². The zero-order chi connectivity index (χ0) is 9.26. The second-order valence-electron chi connectivity index (χ2n) is 2.44. The Labute approximate surface area is 77.9 Å². The average Bonchev–Trinajstić information content (AvgIpc) is 2.74. The molecule has 0 saturated carbocycles. The fourth-order valence-electron chi connectivity index (χ4n) is 1.09. The zero-order valence-electron chi connectivity index (χ0n) is 6.52. The highest BCUT2D eigenvalue weighted by molar-refractivity contribution is 7.13. The number of hydrogen-bond acceptors (Lipinski definition) is 3. The van der Waals surface area contributed by atoms with Crippen LogP contribution in [0.2, 0.25) is 0 Å². The molecular weight excluding hydrogens is 188 g/mol. The summed E-state index contributed by atoms with van der Waals surface area (Å²) in [5.74, 6) is -0.926. The van der Waals surface area contributed by atoms with Crippen molar-refractivity contribution < 1.29 is 9.90 Å². The molecule has 0 unspecified atom stereocenters. The maximum atomic E-state index is 10.7. The van der Waals surface area contributed by atoms with Gasteiger partial charge in [0.25, 0.3) is 0 Å². The van der Waals surface area contributed by atoms with Crippen molar-refractivity contribution in [2.45, 2.75) is 0 Å². The van der Waals surface area contributed by atoms with E-state index in [1.54, 1.807) is 17.9 Å². The zero-order valence-corrected chi connectivity index (χ0v) is 7.34. The highest BCUT2D eigenvalue weighted by Crippen LogP contribution is 2.24. The second-order valence-corrected chi connectivity index (χ2v) is 3.32. The van der Waals surface area contributed by atoms with E-state index in [1.165, 1.54) is 17.4 Å². The van der Waals surface area contributed by atoms with Crippen LogP contribution in [0.5, 0.6) is 0 Å². The first-order valence-electron chi connectivity index (χ1n) is 3.58. The maximum absolute atomic E-state index is 10.7. The average molecular weight is 194 g/mol. The van der Waals surface area contributed by atoms with Gasteiger partial charge < -0.3 is 10.1 Å². The molecule has 0 atom stereocenters. The van der Waals surface area contributed by atoms with Gasteiger partial charge in [-0.25, -0.2) is 4.79 Å². The van der Waals surface area contributed by atoms with Gasteiger partial charge in [0.1, 0.15) is 0 Å². The predicted molar refractivity (Wildman–Crippen MR) is 48.9 cm³/mol. The number of nitrogens with one attached hydrogen (secondary N) is 1. The molecule has 0 fully saturated rings. The van der Waals surface area contributed by atoms with E-state index in [4.69, 9.17) is 5.11 Å². The number of nitrogens with zero attached hydrogens (tertiary/aromatic N) is 1. The Kier molecular flexibility index (Phi) is 1.86. The molecule has 5 heteroatoms. The molecule has 0 aromatic carbocycles. The summed E-state index contributed by atoms with van der Waals surface area (Å²) < 4.78 is 0. The lowest BCUT2D eigenvalue weighted by molar-refractivity contribution is 0.0698. The van der Waals surface area contributed by atoms with Gasteiger partial charge in [-0.05, 0) is 6.07 Å². The number of thiazole rings is 1. The summed E-state index contributed by atoms with van der Waals surface area (Å²) in [6.45, 7) is 0. The molecule has 2 rings (SSSR count). The molecule has 0 bridgehead atoms. The standard InChI is InChI=1S/C8H6N2O2S/c11-8(12)5-1-2-10-7(5)6-3-9-4-13-6/h1-4,10H,(H,11,12). The number of H-pyrrole nitrogens is 1. The van der Waals surface area contributed by atoms with Gasteiger partial charge in [-0.2, -0.15) is 0 Å². The third-order valence-corrected chi connectivity index (χ3v) is 2.45. The van der Waals surface area contributed by atoms with Crippen LogP contribution in [0.15, 0.2) is 24.0 Å². The summed E-state index contributed by atoms with van der Waals surface area (Å²) in [6, 6.07) is 1.54. The summed E-state index contributed by atoms with van der Waals surface area (Å²) in [4.78, 5) is 18.3. The van der Waals surface area contributed by atoms with Crippen LogP contribution in [0.1, 0.15) is 10.4 Å². The minimum absolute atomic E-state index is 0.282. The van der Waals surface area contributed by atoms with E-state index in [2.05, 4.69) is 9.97 Å². The predicted octanol–water partition coefficient (Wildman–Crippen LogP) is 1.84. The molecule has 0 radical (unpaired) electrons. The summed E-state index contributed by atoms with van der Waals surface area (Å²) in [6.07, 6.45) is 3.25. The molecule has 0 saturated heterocycles. The minimum Gasteiger partial charge on any atom is -0.478 e. The summed E-state index contributed by atoms with van der Waals surface area (Å²) in [5.41, 5.74) is 2.57. The van der Waals surface area contributed by atoms with Crippen molar-refractivity contribution in [1.29, 1.82) is 0 Å². The van der Waals surface area contributed by atoms with Crippen molar-refractivity contribution in [2.75, 3.05) is 0 Å². The van der Waals surface area contributed by atoms with Crippen molar-refractivity contribution >= 4 is 17.3 Å². The summed E-state index contributed by atoms with van der Waals surface area (Å²) >= 11 is 1.41. The Bertz CT molecular complexity index is 419. The van der Waals surface area contributed by atoms with Gasteiger partial charge in [-0.15, -0.1) is 11.3 Å². The van der Waals surface area contributed by atoms with E-state index < -0.39 is 5.97 Å². The van der Waals surface area contributed by atoms with Crippen LogP contribution in [0, 0.1) is 0 Å². The molecule has 66 valence electrons. The Hall–Kier alpha value is -1.62. The van der Waals surface area contributed by atoms with Crippen molar-refractivity contribution in [3.05, 3.63) is 29.5 Å². The van der Waals surface area contributed by atoms with Crippen molar-refractivity contribution in [3.8, 4) is 10.6 Å². The molecule has 2 aromatic rings. The van der Waals surface area contributed by atoms with Crippen molar-refractivity contribution in [2.24, 2.45) is 0 Å². The first-order chi connectivity index (χ1) is 6.29. The van der Waals surface area contributed by atoms with Crippen LogP contribution in [0.25, 0.3) is 10.6 Å². The van der Waals surface area contributed by atoms with Gasteiger partial charge in [-0.1, -0.05) is 0 Å². The lowest BCUT2D eigenvalue weighted by Gasteiger charge is -1.94. The Morgan fingerprint density at radius 1 is 1.62 bits per heavy atom. The number of hydrogen-bond donors (Lipinski definition) is 2. The fourth-order valence-corrected chi connectivity index (χ4v) is 1.73. The first-order valence-corrected chi connectivity index (χ1v) is 4.46. The molecule has 4 nitrogen and oxygen atoms in total. The molecule has 13 heavy (non-hydrogen) atoms. The molecule has 2 aromatic heterocycles. The molecule has 0 aliphatic carbocycles. The van der Waals surface area contributed by atoms with Gasteiger partial charge >= 0.3 is 5.97 Å². The Morgan fingerprint density at radius 2 is 2.46 bits per heavy atom. The van der Waals surface area contributed by atoms with Crippen LogP contribution in [0.3, 0.4) is 0 Å². The number of rotatable bonds is 2. The summed E-state index contributed by atoms with van der Waals surface area (Å²) in [5, 5.41) is 8.82. The number of carboxylic acids is 1. The van der Waals surface area contributed by atoms with Crippen LogP contribution < -0.4 is 0 Å². The number of aromatic amines is 1. The highest BCUT2D eigenvalue weighted by Gasteiger charge is 2.13. The van der Waals surface area contributed by atoms with Gasteiger partial charge in [0, 0.05) is 12.4 Å². The molecular formula is C8H6N2O2S. The number of aromatic nitrogens is 2. The van der Waals surface area contributed by atoms with E-state index in [0.717, 1.165) is 4.88 Å². The molecule has 0 amide bonds. The first kappa shape index (κ1) is 8.00. The molecule has 2 N–H and O–H groups in total. The SMILES string of the molecule is O=C(O)c1cc[nH]c1-c1cncs1. The quantitative estimate of drug-likeness (QED) is 0.766.